The van der Waals surface area contributed by atoms with Crippen LogP contribution in [0.3, 0.4) is 0 Å². The van der Waals surface area contributed by atoms with E-state index in [1.807, 2.05) is 109 Å². The van der Waals surface area contributed by atoms with Crippen molar-refractivity contribution >= 4 is 56.9 Å². The van der Waals surface area contributed by atoms with Crippen molar-refractivity contribution in [1.82, 2.24) is 0 Å². The maximum atomic E-state index is 14.0. The average molecular weight is 699 g/mol. The van der Waals surface area contributed by atoms with Gasteiger partial charge in [0.05, 0.1) is 11.4 Å². The SMILES string of the molecule is O=C1c2cc3ccccc3cc2C(=O)c2cc3cc(-c4ccc(N=Cc5ccccc5O)cc4)c(-c4ccc(N=Cc5ccccc5O)cc4)cc3cc21. The maximum absolute atomic E-state index is 14.0. The van der Waals surface area contributed by atoms with Crippen LogP contribution in [0.15, 0.2) is 168 Å². The highest BCUT2D eigenvalue weighted by Gasteiger charge is 2.30. The molecular weight excluding hydrogens is 669 g/mol. The standard InChI is InChI=1S/C48H30N2O4/c51-45-11-5-3-9-33(45)27-49-37-17-13-29(14-18-37)39-23-35-25-43-44(48(54)42-22-32-8-2-1-7-31(32)21-41(42)47(43)53)26-36(35)24-40(39)30-15-19-38(20-16-30)50-28-34-10-4-6-12-46(34)52/h1-28,51-52H. The van der Waals surface area contributed by atoms with E-state index in [2.05, 4.69) is 22.1 Å². The Morgan fingerprint density at radius 2 is 0.704 bits per heavy atom. The topological polar surface area (TPSA) is 99.3 Å². The lowest BCUT2D eigenvalue weighted by molar-refractivity contribution is 0.0979. The number of aliphatic imine (C=N–C) groups is 2. The summed E-state index contributed by atoms with van der Waals surface area (Å²) in [6, 6.07) is 49.0. The van der Waals surface area contributed by atoms with Gasteiger partial charge in [0.15, 0.2) is 11.6 Å². The molecule has 1 aliphatic rings. The van der Waals surface area contributed by atoms with Crippen LogP contribution in [-0.2, 0) is 0 Å². The maximum Gasteiger partial charge on any atom is 0.194 e. The zero-order valence-electron chi connectivity index (χ0n) is 28.8. The summed E-state index contributed by atoms with van der Waals surface area (Å²) in [5, 5.41) is 23.8. The minimum absolute atomic E-state index is 0.160. The lowest BCUT2D eigenvalue weighted by Crippen LogP contribution is -2.21. The molecular formula is C48H30N2O4. The Kier molecular flexibility index (Phi) is 7.98. The summed E-state index contributed by atoms with van der Waals surface area (Å²) >= 11 is 0. The molecule has 6 heteroatoms. The first kappa shape index (κ1) is 32.5. The smallest absolute Gasteiger partial charge is 0.194 e. The summed E-state index contributed by atoms with van der Waals surface area (Å²) in [5.74, 6) is -0.00496. The molecule has 0 radical (unpaired) electrons. The van der Waals surface area contributed by atoms with E-state index >= 15 is 0 Å². The molecule has 8 aromatic rings. The fraction of sp³-hybridized carbons (Fsp3) is 0. The average Bonchev–Trinajstić information content (AvgIpc) is 3.21. The molecule has 0 heterocycles. The molecule has 6 nitrogen and oxygen atoms in total. The van der Waals surface area contributed by atoms with Gasteiger partial charge in [0.2, 0.25) is 0 Å². The zero-order chi connectivity index (χ0) is 36.8. The van der Waals surface area contributed by atoms with E-state index in [1.54, 1.807) is 48.8 Å². The second kappa shape index (κ2) is 13.3. The predicted molar refractivity (Wildman–Crippen MR) is 216 cm³/mol. The van der Waals surface area contributed by atoms with Crippen molar-refractivity contribution in [3.05, 3.63) is 191 Å². The van der Waals surface area contributed by atoms with Crippen LogP contribution >= 0.6 is 0 Å². The van der Waals surface area contributed by atoms with E-state index in [9.17, 15) is 19.8 Å². The molecule has 0 saturated heterocycles. The van der Waals surface area contributed by atoms with Gasteiger partial charge in [0, 0.05) is 45.8 Å². The Morgan fingerprint density at radius 1 is 0.370 bits per heavy atom. The molecule has 0 amide bonds. The largest absolute Gasteiger partial charge is 0.507 e. The number of phenols is 2. The molecule has 0 aliphatic heterocycles. The fourth-order valence-electron chi connectivity index (χ4n) is 7.04. The minimum Gasteiger partial charge on any atom is -0.507 e. The summed E-state index contributed by atoms with van der Waals surface area (Å²) in [5.41, 5.74) is 8.08. The fourth-order valence-corrected chi connectivity index (χ4v) is 7.04. The van der Waals surface area contributed by atoms with E-state index in [4.69, 9.17) is 0 Å². The number of ketones is 2. The molecule has 0 atom stereocenters. The first-order chi connectivity index (χ1) is 26.4. The normalized spacial score (nSPS) is 12.5. The second-order valence-corrected chi connectivity index (χ2v) is 13.3. The Labute approximate surface area is 310 Å². The highest BCUT2D eigenvalue weighted by molar-refractivity contribution is 6.30. The molecule has 2 N–H and O–H groups in total. The Morgan fingerprint density at radius 3 is 1.09 bits per heavy atom. The number of rotatable bonds is 6. The third kappa shape index (κ3) is 5.91. The van der Waals surface area contributed by atoms with Crippen molar-refractivity contribution in [3.8, 4) is 33.8 Å². The van der Waals surface area contributed by atoms with Gasteiger partial charge in [-0.15, -0.1) is 0 Å². The number of phenolic OH excluding ortho intramolecular Hbond substituents is 2. The summed E-state index contributed by atoms with van der Waals surface area (Å²) in [6.07, 6.45) is 3.27. The molecule has 0 fully saturated rings. The summed E-state index contributed by atoms with van der Waals surface area (Å²) < 4.78 is 0. The molecule has 0 aromatic heterocycles. The number of aromatic hydroxyl groups is 2. The van der Waals surface area contributed by atoms with Crippen LogP contribution in [0.4, 0.5) is 11.4 Å². The van der Waals surface area contributed by atoms with Gasteiger partial charge >= 0.3 is 0 Å². The first-order valence-corrected chi connectivity index (χ1v) is 17.5. The third-order valence-electron chi connectivity index (χ3n) is 9.91. The number of carbonyl (C=O) groups is 2. The van der Waals surface area contributed by atoms with E-state index in [-0.39, 0.29) is 23.1 Å². The van der Waals surface area contributed by atoms with E-state index in [1.165, 1.54) is 0 Å². The van der Waals surface area contributed by atoms with Crippen molar-refractivity contribution < 1.29 is 19.8 Å². The Hall–Kier alpha value is -7.44. The number of carbonyl (C=O) groups excluding carboxylic acids is 2. The van der Waals surface area contributed by atoms with Crippen LogP contribution in [0, 0.1) is 0 Å². The number of hydrogen-bond donors (Lipinski definition) is 2. The monoisotopic (exact) mass is 698 g/mol. The third-order valence-corrected chi connectivity index (χ3v) is 9.91. The minimum atomic E-state index is -0.162. The Bertz CT molecular complexity index is 2670. The number of nitrogens with zero attached hydrogens (tertiary/aromatic N) is 2. The first-order valence-electron chi connectivity index (χ1n) is 17.5. The predicted octanol–water partition coefficient (Wildman–Crippen LogP) is 11.0. The van der Waals surface area contributed by atoms with Crippen LogP contribution < -0.4 is 0 Å². The van der Waals surface area contributed by atoms with Gasteiger partial charge in [-0.1, -0.05) is 72.8 Å². The van der Waals surface area contributed by atoms with Gasteiger partial charge in [-0.3, -0.25) is 19.6 Å². The molecule has 8 aromatic carbocycles. The summed E-state index contributed by atoms with van der Waals surface area (Å²) in [7, 11) is 0. The van der Waals surface area contributed by atoms with Crippen molar-refractivity contribution in [1.29, 1.82) is 0 Å². The number of para-hydroxylation sites is 2. The molecule has 1 aliphatic carbocycles. The molecule has 0 spiro atoms. The molecule has 256 valence electrons. The van der Waals surface area contributed by atoms with E-state index < -0.39 is 0 Å². The van der Waals surface area contributed by atoms with Crippen molar-refractivity contribution in [3.63, 3.8) is 0 Å². The van der Waals surface area contributed by atoms with Gasteiger partial charge < -0.3 is 10.2 Å². The quantitative estimate of drug-likeness (QED) is 0.169. The number of benzene rings is 8. The number of hydrogen-bond acceptors (Lipinski definition) is 6. The lowest BCUT2D eigenvalue weighted by Gasteiger charge is -2.20. The lowest BCUT2D eigenvalue weighted by atomic mass is 9.81. The van der Waals surface area contributed by atoms with Crippen LogP contribution in [-0.4, -0.2) is 34.2 Å². The Balaban J connectivity index is 1.14. The summed E-state index contributed by atoms with van der Waals surface area (Å²) in [4.78, 5) is 37.1. The zero-order valence-corrected chi connectivity index (χ0v) is 28.8. The van der Waals surface area contributed by atoms with Crippen molar-refractivity contribution in [2.24, 2.45) is 9.98 Å². The van der Waals surface area contributed by atoms with Gasteiger partial charge in [-0.25, -0.2) is 0 Å². The van der Waals surface area contributed by atoms with Gasteiger partial charge in [0.1, 0.15) is 11.5 Å². The van der Waals surface area contributed by atoms with Crippen molar-refractivity contribution in [2.75, 3.05) is 0 Å². The van der Waals surface area contributed by atoms with Gasteiger partial charge in [-0.05, 0) is 129 Å². The van der Waals surface area contributed by atoms with Crippen LogP contribution in [0.1, 0.15) is 43.0 Å². The van der Waals surface area contributed by atoms with Crippen LogP contribution in [0.2, 0.25) is 0 Å². The van der Waals surface area contributed by atoms with E-state index in [0.29, 0.717) is 33.4 Å². The van der Waals surface area contributed by atoms with Crippen LogP contribution in [0.5, 0.6) is 11.5 Å². The molecule has 0 unspecified atom stereocenters. The molecule has 9 rings (SSSR count). The van der Waals surface area contributed by atoms with Gasteiger partial charge in [0.25, 0.3) is 0 Å². The number of fused-ring (bicyclic) bond motifs is 4. The molecule has 0 bridgehead atoms. The highest BCUT2D eigenvalue weighted by atomic mass is 16.3. The van der Waals surface area contributed by atoms with Crippen molar-refractivity contribution in [2.45, 2.75) is 0 Å². The van der Waals surface area contributed by atoms with Crippen LogP contribution in [0.25, 0.3) is 43.8 Å². The molecule has 54 heavy (non-hydrogen) atoms. The van der Waals surface area contributed by atoms with E-state index in [0.717, 1.165) is 55.2 Å². The molecule has 0 saturated carbocycles. The summed E-state index contributed by atoms with van der Waals surface area (Å²) in [6.45, 7) is 0. The highest BCUT2D eigenvalue weighted by Crippen LogP contribution is 2.40. The second-order valence-electron chi connectivity index (χ2n) is 13.3. The van der Waals surface area contributed by atoms with Gasteiger partial charge in [-0.2, -0.15) is 0 Å².